The van der Waals surface area contributed by atoms with Gasteiger partial charge in [-0.25, -0.2) is 12.8 Å². The number of carbonyl (C=O) groups is 1. The van der Waals surface area contributed by atoms with Crippen molar-refractivity contribution in [2.45, 2.75) is 25.7 Å². The zero-order chi connectivity index (χ0) is 18.7. The van der Waals surface area contributed by atoms with Crippen LogP contribution < -0.4 is 9.62 Å². The van der Waals surface area contributed by atoms with Gasteiger partial charge in [0.1, 0.15) is 5.82 Å². The fourth-order valence-electron chi connectivity index (χ4n) is 3.04. The third-order valence-electron chi connectivity index (χ3n) is 4.47. The van der Waals surface area contributed by atoms with Crippen LogP contribution in [-0.4, -0.2) is 26.6 Å². The second-order valence-corrected chi connectivity index (χ2v) is 8.51. The first kappa shape index (κ1) is 18.4. The van der Waals surface area contributed by atoms with E-state index in [1.165, 1.54) is 16.4 Å². The molecular formula is C19H21FN2O3S. The van der Waals surface area contributed by atoms with Crippen LogP contribution in [0.5, 0.6) is 0 Å². The van der Waals surface area contributed by atoms with Crippen LogP contribution in [0, 0.1) is 5.82 Å². The average molecular weight is 376 g/mol. The smallest absolute Gasteiger partial charge is 0.235 e. The van der Waals surface area contributed by atoms with Crippen molar-refractivity contribution in [1.29, 1.82) is 0 Å². The van der Waals surface area contributed by atoms with Crippen LogP contribution in [0.4, 0.5) is 15.8 Å². The van der Waals surface area contributed by atoms with Crippen molar-refractivity contribution in [2.24, 2.45) is 0 Å². The molecule has 2 aromatic carbocycles. The Labute approximate surface area is 152 Å². The van der Waals surface area contributed by atoms with Crippen LogP contribution in [0.15, 0.2) is 48.5 Å². The third-order valence-corrected chi connectivity index (χ3v) is 6.34. The molecule has 1 unspecified atom stereocenters. The first-order chi connectivity index (χ1) is 12.3. The molecule has 1 N–H and O–H groups in total. The average Bonchev–Trinajstić information content (AvgIpc) is 2.95. The molecule has 1 amide bonds. The Morgan fingerprint density at radius 2 is 1.81 bits per heavy atom. The Morgan fingerprint density at radius 3 is 2.38 bits per heavy atom. The van der Waals surface area contributed by atoms with Crippen molar-refractivity contribution in [3.63, 3.8) is 0 Å². The van der Waals surface area contributed by atoms with Gasteiger partial charge >= 0.3 is 0 Å². The standard InChI is InChI=1S/C19H21FN2O3S/c1-14(15-3-5-16(20)6-4-15)13-19(23)21-17-7-9-18(10-8-17)22-11-2-12-26(22,24)25/h3-10,14H,2,11-13H2,1H3,(H,21,23). The lowest BCUT2D eigenvalue weighted by molar-refractivity contribution is -0.116. The molecule has 0 aliphatic carbocycles. The van der Waals surface area contributed by atoms with E-state index in [-0.39, 0.29) is 29.8 Å². The van der Waals surface area contributed by atoms with E-state index in [0.29, 0.717) is 24.3 Å². The Hall–Kier alpha value is -2.41. The summed E-state index contributed by atoms with van der Waals surface area (Å²) in [7, 11) is -3.21. The van der Waals surface area contributed by atoms with Gasteiger partial charge in [0, 0.05) is 18.7 Å². The normalized spacial score (nSPS) is 17.1. The number of carbonyl (C=O) groups excluding carboxylic acids is 1. The molecule has 0 bridgehead atoms. The van der Waals surface area contributed by atoms with Crippen molar-refractivity contribution in [1.82, 2.24) is 0 Å². The fourth-order valence-corrected chi connectivity index (χ4v) is 4.60. The van der Waals surface area contributed by atoms with Gasteiger partial charge in [0.2, 0.25) is 15.9 Å². The molecule has 2 aromatic rings. The van der Waals surface area contributed by atoms with Gasteiger partial charge in [-0.3, -0.25) is 9.10 Å². The summed E-state index contributed by atoms with van der Waals surface area (Å²) in [5.41, 5.74) is 2.12. The fraction of sp³-hybridized carbons (Fsp3) is 0.316. The van der Waals surface area contributed by atoms with Gasteiger partial charge in [0.25, 0.3) is 0 Å². The Balaban J connectivity index is 1.60. The van der Waals surface area contributed by atoms with Crippen LogP contribution in [-0.2, 0) is 14.8 Å². The lowest BCUT2D eigenvalue weighted by atomic mass is 9.97. The van der Waals surface area contributed by atoms with E-state index in [1.807, 2.05) is 6.92 Å². The predicted octanol–water partition coefficient (Wildman–Crippen LogP) is 3.50. The molecule has 0 spiro atoms. The van der Waals surface area contributed by atoms with Crippen LogP contribution in [0.1, 0.15) is 31.2 Å². The van der Waals surface area contributed by atoms with Crippen molar-refractivity contribution >= 4 is 27.3 Å². The highest BCUT2D eigenvalue weighted by Crippen LogP contribution is 2.26. The molecule has 1 aliphatic heterocycles. The highest BCUT2D eigenvalue weighted by molar-refractivity contribution is 7.93. The quantitative estimate of drug-likeness (QED) is 0.869. The molecule has 1 heterocycles. The highest BCUT2D eigenvalue weighted by Gasteiger charge is 2.28. The summed E-state index contributed by atoms with van der Waals surface area (Å²) in [6.45, 7) is 2.40. The van der Waals surface area contributed by atoms with Crippen molar-refractivity contribution in [3.05, 3.63) is 59.9 Å². The molecule has 26 heavy (non-hydrogen) atoms. The summed E-state index contributed by atoms with van der Waals surface area (Å²) in [5.74, 6) is -0.314. The van der Waals surface area contributed by atoms with E-state index in [0.717, 1.165) is 5.56 Å². The van der Waals surface area contributed by atoms with Crippen LogP contribution >= 0.6 is 0 Å². The molecular weight excluding hydrogens is 355 g/mol. The van der Waals surface area contributed by atoms with Crippen molar-refractivity contribution < 1.29 is 17.6 Å². The SMILES string of the molecule is CC(CC(=O)Nc1ccc(N2CCCS2(=O)=O)cc1)c1ccc(F)cc1. The monoisotopic (exact) mass is 376 g/mol. The highest BCUT2D eigenvalue weighted by atomic mass is 32.2. The van der Waals surface area contributed by atoms with Crippen LogP contribution in [0.2, 0.25) is 0 Å². The van der Waals surface area contributed by atoms with Gasteiger partial charge in [0.05, 0.1) is 11.4 Å². The molecule has 1 atom stereocenters. The molecule has 0 aromatic heterocycles. The molecule has 3 rings (SSSR count). The minimum atomic E-state index is -3.21. The second-order valence-electron chi connectivity index (χ2n) is 6.49. The Kier molecular flexibility index (Phi) is 5.27. The summed E-state index contributed by atoms with van der Waals surface area (Å²) in [4.78, 5) is 12.2. The number of sulfonamides is 1. The lowest BCUT2D eigenvalue weighted by Gasteiger charge is -2.17. The van der Waals surface area contributed by atoms with Gasteiger partial charge in [-0.1, -0.05) is 19.1 Å². The van der Waals surface area contributed by atoms with E-state index in [1.54, 1.807) is 36.4 Å². The summed E-state index contributed by atoms with van der Waals surface area (Å²) >= 11 is 0. The minimum Gasteiger partial charge on any atom is -0.326 e. The molecule has 138 valence electrons. The minimum absolute atomic E-state index is 0.0374. The maximum absolute atomic E-state index is 13.0. The number of hydrogen-bond acceptors (Lipinski definition) is 3. The molecule has 0 saturated carbocycles. The van der Waals surface area contributed by atoms with E-state index < -0.39 is 10.0 Å². The predicted molar refractivity (Wildman–Crippen MR) is 100 cm³/mol. The first-order valence-corrected chi connectivity index (χ1v) is 10.1. The van der Waals surface area contributed by atoms with Crippen LogP contribution in [0.25, 0.3) is 0 Å². The number of amides is 1. The van der Waals surface area contributed by atoms with E-state index in [4.69, 9.17) is 0 Å². The van der Waals surface area contributed by atoms with E-state index in [9.17, 15) is 17.6 Å². The third kappa shape index (κ3) is 4.22. The number of rotatable bonds is 5. The number of nitrogens with one attached hydrogen (secondary N) is 1. The van der Waals surface area contributed by atoms with E-state index in [2.05, 4.69) is 5.32 Å². The number of hydrogen-bond donors (Lipinski definition) is 1. The van der Waals surface area contributed by atoms with Gasteiger partial charge in [0.15, 0.2) is 0 Å². The molecule has 1 saturated heterocycles. The van der Waals surface area contributed by atoms with Gasteiger partial charge in [-0.15, -0.1) is 0 Å². The van der Waals surface area contributed by atoms with Crippen molar-refractivity contribution in [2.75, 3.05) is 21.9 Å². The maximum Gasteiger partial charge on any atom is 0.235 e. The van der Waals surface area contributed by atoms with Gasteiger partial charge in [-0.05, 0) is 54.3 Å². The van der Waals surface area contributed by atoms with Crippen LogP contribution in [0.3, 0.4) is 0 Å². The zero-order valence-corrected chi connectivity index (χ0v) is 15.3. The second kappa shape index (κ2) is 7.45. The maximum atomic E-state index is 13.0. The lowest BCUT2D eigenvalue weighted by Crippen LogP contribution is -2.25. The first-order valence-electron chi connectivity index (χ1n) is 8.51. The number of nitrogens with zero attached hydrogens (tertiary/aromatic N) is 1. The van der Waals surface area contributed by atoms with E-state index >= 15 is 0 Å². The largest absolute Gasteiger partial charge is 0.326 e. The summed E-state index contributed by atoms with van der Waals surface area (Å²) in [5, 5.41) is 2.81. The molecule has 0 radical (unpaired) electrons. The van der Waals surface area contributed by atoms with Gasteiger partial charge < -0.3 is 5.32 Å². The number of anilines is 2. The number of benzene rings is 2. The number of halogens is 1. The molecule has 5 nitrogen and oxygen atoms in total. The zero-order valence-electron chi connectivity index (χ0n) is 14.5. The Morgan fingerprint density at radius 1 is 1.15 bits per heavy atom. The summed E-state index contributed by atoms with van der Waals surface area (Å²) in [6.07, 6.45) is 0.899. The van der Waals surface area contributed by atoms with Gasteiger partial charge in [-0.2, -0.15) is 0 Å². The topological polar surface area (TPSA) is 66.5 Å². The summed E-state index contributed by atoms with van der Waals surface area (Å²) < 4.78 is 38.2. The van der Waals surface area contributed by atoms with Crippen molar-refractivity contribution in [3.8, 4) is 0 Å². The Bertz CT molecular complexity index is 880. The molecule has 7 heteroatoms. The summed E-state index contributed by atoms with van der Waals surface area (Å²) in [6, 6.07) is 12.9. The molecule has 1 aliphatic rings. The molecule has 1 fully saturated rings.